The van der Waals surface area contributed by atoms with Gasteiger partial charge < -0.3 is 15.6 Å². The SMILES string of the molecule is CCN1CCC[C@@H]1CNC(=O)C(=O)Nc1c(-c2ccccc2)[nH]c2ccccc12. The number of H-pyrrole nitrogens is 1. The van der Waals surface area contributed by atoms with Crippen LogP contribution in [0.3, 0.4) is 0 Å². The summed E-state index contributed by atoms with van der Waals surface area (Å²) in [6, 6.07) is 17.8. The normalized spacial score (nSPS) is 16.8. The number of anilines is 1. The molecule has 3 N–H and O–H groups in total. The number of fused-ring (bicyclic) bond motifs is 1. The molecule has 150 valence electrons. The molecule has 0 unspecified atom stereocenters. The molecule has 0 bridgehead atoms. The van der Waals surface area contributed by atoms with E-state index in [0.717, 1.165) is 48.1 Å². The Morgan fingerprint density at radius 2 is 1.83 bits per heavy atom. The maximum absolute atomic E-state index is 12.6. The Hall–Kier alpha value is -3.12. The number of para-hydroxylation sites is 1. The molecule has 0 aliphatic carbocycles. The maximum atomic E-state index is 12.6. The number of aromatic amines is 1. The molecular weight excluding hydrogens is 364 g/mol. The number of likely N-dealkylation sites (N-methyl/N-ethyl adjacent to an activating group) is 1. The molecule has 4 rings (SSSR count). The average molecular weight is 390 g/mol. The van der Waals surface area contributed by atoms with Crippen LogP contribution < -0.4 is 10.6 Å². The van der Waals surface area contributed by atoms with E-state index >= 15 is 0 Å². The van der Waals surface area contributed by atoms with E-state index in [2.05, 4.69) is 27.4 Å². The highest BCUT2D eigenvalue weighted by atomic mass is 16.2. The number of benzene rings is 2. The van der Waals surface area contributed by atoms with Crippen LogP contribution >= 0.6 is 0 Å². The molecule has 1 atom stereocenters. The van der Waals surface area contributed by atoms with Gasteiger partial charge in [-0.2, -0.15) is 0 Å². The van der Waals surface area contributed by atoms with Crippen LogP contribution in [0.4, 0.5) is 5.69 Å². The molecule has 2 aromatic carbocycles. The van der Waals surface area contributed by atoms with Gasteiger partial charge >= 0.3 is 11.8 Å². The van der Waals surface area contributed by atoms with E-state index in [-0.39, 0.29) is 0 Å². The molecule has 0 radical (unpaired) electrons. The van der Waals surface area contributed by atoms with E-state index in [4.69, 9.17) is 0 Å². The monoisotopic (exact) mass is 390 g/mol. The van der Waals surface area contributed by atoms with Gasteiger partial charge in [0.25, 0.3) is 0 Å². The molecule has 1 aliphatic heterocycles. The molecule has 6 heteroatoms. The second-order valence-electron chi connectivity index (χ2n) is 7.38. The Balaban J connectivity index is 1.52. The number of rotatable bonds is 5. The van der Waals surface area contributed by atoms with Crippen LogP contribution in [0.2, 0.25) is 0 Å². The maximum Gasteiger partial charge on any atom is 0.313 e. The molecular formula is C23H26N4O2. The first-order chi connectivity index (χ1) is 14.2. The number of nitrogens with zero attached hydrogens (tertiary/aromatic N) is 1. The summed E-state index contributed by atoms with van der Waals surface area (Å²) in [5.41, 5.74) is 3.28. The second-order valence-corrected chi connectivity index (χ2v) is 7.38. The van der Waals surface area contributed by atoms with Gasteiger partial charge in [-0.05, 0) is 32.0 Å². The molecule has 1 fully saturated rings. The van der Waals surface area contributed by atoms with E-state index in [9.17, 15) is 9.59 Å². The fourth-order valence-corrected chi connectivity index (χ4v) is 4.10. The van der Waals surface area contributed by atoms with E-state index < -0.39 is 11.8 Å². The number of nitrogens with one attached hydrogen (secondary N) is 3. The van der Waals surface area contributed by atoms with Crippen LogP contribution in [0.15, 0.2) is 54.6 Å². The van der Waals surface area contributed by atoms with Crippen molar-refractivity contribution in [1.82, 2.24) is 15.2 Å². The van der Waals surface area contributed by atoms with E-state index in [0.29, 0.717) is 18.3 Å². The zero-order valence-electron chi connectivity index (χ0n) is 16.6. The highest BCUT2D eigenvalue weighted by Crippen LogP contribution is 2.34. The van der Waals surface area contributed by atoms with Crippen molar-refractivity contribution in [3.8, 4) is 11.3 Å². The van der Waals surface area contributed by atoms with Gasteiger partial charge in [0.05, 0.1) is 11.4 Å². The van der Waals surface area contributed by atoms with Crippen molar-refractivity contribution in [2.45, 2.75) is 25.8 Å². The summed E-state index contributed by atoms with van der Waals surface area (Å²) in [5, 5.41) is 6.52. The van der Waals surface area contributed by atoms with E-state index in [1.54, 1.807) is 0 Å². The first kappa shape index (κ1) is 19.2. The second kappa shape index (κ2) is 8.49. The van der Waals surface area contributed by atoms with Crippen molar-refractivity contribution < 1.29 is 9.59 Å². The van der Waals surface area contributed by atoms with Gasteiger partial charge in [-0.15, -0.1) is 0 Å². The average Bonchev–Trinajstić information content (AvgIpc) is 3.37. The molecule has 3 aromatic rings. The van der Waals surface area contributed by atoms with E-state index in [1.165, 1.54) is 0 Å². The van der Waals surface area contributed by atoms with Crippen molar-refractivity contribution in [2.24, 2.45) is 0 Å². The number of carbonyl (C=O) groups is 2. The van der Waals surface area contributed by atoms with Gasteiger partial charge in [0.1, 0.15) is 0 Å². The third kappa shape index (κ3) is 4.03. The molecule has 29 heavy (non-hydrogen) atoms. The molecule has 1 saturated heterocycles. The van der Waals surface area contributed by atoms with Crippen LogP contribution in [0.5, 0.6) is 0 Å². The largest absolute Gasteiger partial charge is 0.353 e. The van der Waals surface area contributed by atoms with Crippen LogP contribution in [0.25, 0.3) is 22.2 Å². The van der Waals surface area contributed by atoms with Crippen LogP contribution in [0, 0.1) is 0 Å². The number of hydrogen-bond acceptors (Lipinski definition) is 3. The number of aromatic nitrogens is 1. The molecule has 2 amide bonds. The lowest BCUT2D eigenvalue weighted by Crippen LogP contribution is -2.43. The molecule has 1 aromatic heterocycles. The summed E-state index contributed by atoms with van der Waals surface area (Å²) in [4.78, 5) is 30.8. The van der Waals surface area contributed by atoms with Crippen molar-refractivity contribution in [2.75, 3.05) is 25.0 Å². The first-order valence-corrected chi connectivity index (χ1v) is 10.2. The van der Waals surface area contributed by atoms with Crippen LogP contribution in [-0.2, 0) is 9.59 Å². The minimum absolute atomic E-state index is 0.310. The predicted molar refractivity (Wildman–Crippen MR) is 116 cm³/mol. The number of carbonyl (C=O) groups excluding carboxylic acids is 2. The van der Waals surface area contributed by atoms with Crippen molar-refractivity contribution >= 4 is 28.4 Å². The minimum atomic E-state index is -0.645. The summed E-state index contributed by atoms with van der Waals surface area (Å²) >= 11 is 0. The van der Waals surface area contributed by atoms with E-state index in [1.807, 2.05) is 54.6 Å². The fraction of sp³-hybridized carbons (Fsp3) is 0.304. The summed E-state index contributed by atoms with van der Waals surface area (Å²) < 4.78 is 0. The highest BCUT2D eigenvalue weighted by Gasteiger charge is 2.25. The number of likely N-dealkylation sites (tertiary alicyclic amines) is 1. The third-order valence-corrected chi connectivity index (χ3v) is 5.62. The smallest absolute Gasteiger partial charge is 0.313 e. The summed E-state index contributed by atoms with van der Waals surface area (Å²) in [5.74, 6) is -1.25. The molecule has 6 nitrogen and oxygen atoms in total. The van der Waals surface area contributed by atoms with Crippen LogP contribution in [-0.4, -0.2) is 47.4 Å². The molecule has 1 aliphatic rings. The van der Waals surface area contributed by atoms with Crippen molar-refractivity contribution in [3.05, 3.63) is 54.6 Å². The molecule has 0 spiro atoms. The first-order valence-electron chi connectivity index (χ1n) is 10.2. The standard InChI is InChI=1S/C23H26N4O2/c1-2-27-14-8-11-17(27)15-24-22(28)23(29)26-21-18-12-6-7-13-19(18)25-20(21)16-9-4-3-5-10-16/h3-7,9-10,12-13,17,25H,2,8,11,14-15H2,1H3,(H,24,28)(H,26,29)/t17-/m1/s1. The third-order valence-electron chi connectivity index (χ3n) is 5.62. The summed E-state index contributed by atoms with van der Waals surface area (Å²) in [7, 11) is 0. The zero-order valence-corrected chi connectivity index (χ0v) is 16.6. The minimum Gasteiger partial charge on any atom is -0.353 e. The molecule has 0 saturated carbocycles. The lowest BCUT2D eigenvalue weighted by molar-refractivity contribution is -0.136. The van der Waals surface area contributed by atoms with Gasteiger partial charge in [0, 0.05) is 29.1 Å². The topological polar surface area (TPSA) is 77.2 Å². The lowest BCUT2D eigenvalue weighted by Gasteiger charge is -2.22. The highest BCUT2D eigenvalue weighted by molar-refractivity contribution is 6.40. The molecule has 2 heterocycles. The predicted octanol–water partition coefficient (Wildman–Crippen LogP) is 3.37. The zero-order chi connectivity index (χ0) is 20.2. The fourth-order valence-electron chi connectivity index (χ4n) is 4.10. The Morgan fingerprint density at radius 1 is 1.07 bits per heavy atom. The van der Waals surface area contributed by atoms with Crippen molar-refractivity contribution in [1.29, 1.82) is 0 Å². The quantitative estimate of drug-likeness (QED) is 0.585. The number of amides is 2. The van der Waals surface area contributed by atoms with Crippen LogP contribution in [0.1, 0.15) is 19.8 Å². The van der Waals surface area contributed by atoms with Gasteiger partial charge in [-0.3, -0.25) is 14.5 Å². The Kier molecular flexibility index (Phi) is 5.62. The van der Waals surface area contributed by atoms with Crippen molar-refractivity contribution in [3.63, 3.8) is 0 Å². The summed E-state index contributed by atoms with van der Waals surface area (Å²) in [6.45, 7) is 4.63. The van der Waals surface area contributed by atoms with Gasteiger partial charge in [-0.25, -0.2) is 0 Å². The van der Waals surface area contributed by atoms with Gasteiger partial charge in [0.2, 0.25) is 0 Å². The van der Waals surface area contributed by atoms with Gasteiger partial charge in [-0.1, -0.05) is 55.5 Å². The number of hydrogen-bond donors (Lipinski definition) is 3. The Labute approximate surface area is 170 Å². The lowest BCUT2D eigenvalue weighted by atomic mass is 10.1. The summed E-state index contributed by atoms with van der Waals surface area (Å²) in [6.07, 6.45) is 2.19. The van der Waals surface area contributed by atoms with Gasteiger partial charge in [0.15, 0.2) is 0 Å². The Morgan fingerprint density at radius 3 is 2.62 bits per heavy atom. The Bertz CT molecular complexity index is 1010.